The second-order valence-electron chi connectivity index (χ2n) is 7.52. The Morgan fingerprint density at radius 2 is 1.55 bits per heavy atom. The van der Waals surface area contributed by atoms with Crippen LogP contribution < -0.4 is 21.5 Å². The summed E-state index contributed by atoms with van der Waals surface area (Å²) in [6.07, 6.45) is 5.43. The highest BCUT2D eigenvalue weighted by atomic mass is 32.1. The van der Waals surface area contributed by atoms with Crippen molar-refractivity contribution in [2.75, 3.05) is 5.32 Å². The average molecular weight is 439 g/mol. The summed E-state index contributed by atoms with van der Waals surface area (Å²) in [5.41, 5.74) is 6.88. The average Bonchev–Trinajstić information content (AvgIpc) is 2.79. The minimum Gasteiger partial charge on any atom is -0.326 e. The Bertz CT molecular complexity index is 926. The van der Waals surface area contributed by atoms with E-state index in [1.165, 1.54) is 6.42 Å². The van der Waals surface area contributed by atoms with Crippen molar-refractivity contribution >= 4 is 40.7 Å². The van der Waals surface area contributed by atoms with Gasteiger partial charge in [0.2, 0.25) is 11.8 Å². The molecule has 8 heteroatoms. The first kappa shape index (κ1) is 22.4. The van der Waals surface area contributed by atoms with Gasteiger partial charge >= 0.3 is 0 Å². The maximum absolute atomic E-state index is 12.3. The van der Waals surface area contributed by atoms with Gasteiger partial charge in [-0.3, -0.25) is 25.2 Å². The Hall–Kier alpha value is -3.26. The van der Waals surface area contributed by atoms with Gasteiger partial charge in [0.1, 0.15) is 0 Å². The van der Waals surface area contributed by atoms with Crippen LogP contribution in [0.4, 0.5) is 5.69 Å². The SMILES string of the molecule is O=C(Cc1ccccc1)NC(=S)NNC(=O)c1ccc(NC(=O)C2CCCCC2)cc1. The fourth-order valence-corrected chi connectivity index (χ4v) is 3.65. The maximum Gasteiger partial charge on any atom is 0.269 e. The maximum atomic E-state index is 12.3. The lowest BCUT2D eigenvalue weighted by molar-refractivity contribution is -0.121. The van der Waals surface area contributed by atoms with Gasteiger partial charge in [0.05, 0.1) is 6.42 Å². The predicted molar refractivity (Wildman–Crippen MR) is 123 cm³/mol. The standard InChI is InChI=1S/C23H26N4O3S/c28-20(15-16-7-3-1-4-8-16)25-23(31)27-26-22(30)18-11-13-19(14-12-18)24-21(29)17-9-5-2-6-10-17/h1,3-4,7-8,11-14,17H,2,5-6,9-10,15H2,(H,24,29)(H,26,30)(H2,25,27,28,31). The van der Waals surface area contributed by atoms with E-state index in [0.29, 0.717) is 11.3 Å². The molecule has 0 aromatic heterocycles. The van der Waals surface area contributed by atoms with Gasteiger partial charge in [0, 0.05) is 17.2 Å². The largest absolute Gasteiger partial charge is 0.326 e. The predicted octanol–water partition coefficient (Wildman–Crippen LogP) is 3.08. The molecule has 3 rings (SSSR count). The Morgan fingerprint density at radius 3 is 2.23 bits per heavy atom. The zero-order valence-corrected chi connectivity index (χ0v) is 18.0. The van der Waals surface area contributed by atoms with Gasteiger partial charge in [-0.2, -0.15) is 0 Å². The molecule has 0 aliphatic heterocycles. The van der Waals surface area contributed by atoms with Crippen LogP contribution in [0.3, 0.4) is 0 Å². The fourth-order valence-electron chi connectivity index (χ4n) is 3.48. The lowest BCUT2D eigenvalue weighted by Crippen LogP contribution is -2.48. The second-order valence-corrected chi connectivity index (χ2v) is 7.93. The van der Waals surface area contributed by atoms with E-state index in [-0.39, 0.29) is 29.3 Å². The molecule has 31 heavy (non-hydrogen) atoms. The van der Waals surface area contributed by atoms with E-state index < -0.39 is 5.91 Å². The smallest absolute Gasteiger partial charge is 0.269 e. The Labute approximate surface area is 187 Å². The molecule has 0 bridgehead atoms. The normalized spacial score (nSPS) is 13.7. The number of rotatable bonds is 5. The molecule has 0 unspecified atom stereocenters. The minimum absolute atomic E-state index is 0.00523. The van der Waals surface area contributed by atoms with Gasteiger partial charge < -0.3 is 10.6 Å². The van der Waals surface area contributed by atoms with Crippen LogP contribution in [0, 0.1) is 5.92 Å². The molecule has 1 aliphatic rings. The summed E-state index contributed by atoms with van der Waals surface area (Å²) in [4.78, 5) is 36.6. The third-order valence-corrected chi connectivity index (χ3v) is 5.34. The topological polar surface area (TPSA) is 99.3 Å². The van der Waals surface area contributed by atoms with E-state index in [0.717, 1.165) is 31.2 Å². The quantitative estimate of drug-likeness (QED) is 0.425. The molecule has 1 fully saturated rings. The van der Waals surface area contributed by atoms with Crippen LogP contribution in [0.25, 0.3) is 0 Å². The monoisotopic (exact) mass is 438 g/mol. The van der Waals surface area contributed by atoms with Gasteiger partial charge in [-0.05, 0) is 54.9 Å². The molecule has 0 heterocycles. The second kappa shape index (κ2) is 11.2. The van der Waals surface area contributed by atoms with Crippen LogP contribution in [0.15, 0.2) is 54.6 Å². The summed E-state index contributed by atoms with van der Waals surface area (Å²) in [6, 6.07) is 15.9. The molecule has 0 spiro atoms. The molecular weight excluding hydrogens is 412 g/mol. The van der Waals surface area contributed by atoms with E-state index in [2.05, 4.69) is 21.5 Å². The molecule has 0 saturated heterocycles. The number of nitrogens with one attached hydrogen (secondary N) is 4. The summed E-state index contributed by atoms with van der Waals surface area (Å²) in [5, 5.41) is 5.44. The number of benzene rings is 2. The lowest BCUT2D eigenvalue weighted by atomic mass is 9.88. The number of carbonyl (C=O) groups is 3. The molecule has 1 saturated carbocycles. The highest BCUT2D eigenvalue weighted by molar-refractivity contribution is 7.80. The van der Waals surface area contributed by atoms with Crippen LogP contribution in [0.5, 0.6) is 0 Å². The summed E-state index contributed by atoms with van der Waals surface area (Å²) in [5.74, 6) is -0.588. The van der Waals surface area contributed by atoms with Crippen molar-refractivity contribution in [2.24, 2.45) is 5.92 Å². The van der Waals surface area contributed by atoms with Crippen LogP contribution in [0.1, 0.15) is 48.0 Å². The summed E-state index contributed by atoms with van der Waals surface area (Å²) in [7, 11) is 0. The van der Waals surface area contributed by atoms with E-state index >= 15 is 0 Å². The molecule has 7 nitrogen and oxygen atoms in total. The first-order valence-corrected chi connectivity index (χ1v) is 10.8. The number of amides is 3. The number of carbonyl (C=O) groups excluding carboxylic acids is 3. The van der Waals surface area contributed by atoms with Gasteiger partial charge in [-0.1, -0.05) is 49.6 Å². The van der Waals surface area contributed by atoms with Gasteiger partial charge in [-0.25, -0.2) is 0 Å². The molecule has 162 valence electrons. The number of hydrazine groups is 1. The molecule has 2 aromatic carbocycles. The number of hydrogen-bond acceptors (Lipinski definition) is 4. The lowest BCUT2D eigenvalue weighted by Gasteiger charge is -2.20. The number of thiocarbonyl (C=S) groups is 1. The molecular formula is C23H26N4O3S. The number of anilines is 1. The van der Waals surface area contributed by atoms with E-state index in [9.17, 15) is 14.4 Å². The van der Waals surface area contributed by atoms with Crippen molar-refractivity contribution in [2.45, 2.75) is 38.5 Å². The highest BCUT2D eigenvalue weighted by Gasteiger charge is 2.21. The van der Waals surface area contributed by atoms with E-state index in [4.69, 9.17) is 12.2 Å². The Balaban J connectivity index is 1.42. The molecule has 0 atom stereocenters. The summed E-state index contributed by atoms with van der Waals surface area (Å²) in [6.45, 7) is 0. The Morgan fingerprint density at radius 1 is 0.871 bits per heavy atom. The van der Waals surface area contributed by atoms with Crippen molar-refractivity contribution in [3.8, 4) is 0 Å². The van der Waals surface area contributed by atoms with Crippen molar-refractivity contribution in [1.29, 1.82) is 0 Å². The first-order valence-electron chi connectivity index (χ1n) is 10.4. The zero-order chi connectivity index (χ0) is 22.1. The minimum atomic E-state index is -0.412. The van der Waals surface area contributed by atoms with Gasteiger partial charge in [0.15, 0.2) is 5.11 Å². The van der Waals surface area contributed by atoms with Gasteiger partial charge in [-0.15, -0.1) is 0 Å². The highest BCUT2D eigenvalue weighted by Crippen LogP contribution is 2.25. The molecule has 2 aromatic rings. The van der Waals surface area contributed by atoms with Crippen LogP contribution in [-0.2, 0) is 16.0 Å². The fraction of sp³-hybridized carbons (Fsp3) is 0.304. The van der Waals surface area contributed by atoms with Crippen LogP contribution in [-0.4, -0.2) is 22.8 Å². The summed E-state index contributed by atoms with van der Waals surface area (Å²) >= 11 is 5.04. The molecule has 3 amide bonds. The third kappa shape index (κ3) is 7.18. The molecule has 0 radical (unpaired) electrons. The Kier molecular flexibility index (Phi) is 8.12. The molecule has 4 N–H and O–H groups in total. The third-order valence-electron chi connectivity index (χ3n) is 5.14. The van der Waals surface area contributed by atoms with Crippen LogP contribution in [0.2, 0.25) is 0 Å². The van der Waals surface area contributed by atoms with E-state index in [1.807, 2.05) is 30.3 Å². The molecule has 1 aliphatic carbocycles. The van der Waals surface area contributed by atoms with Gasteiger partial charge in [0.25, 0.3) is 5.91 Å². The summed E-state index contributed by atoms with van der Waals surface area (Å²) < 4.78 is 0. The number of hydrogen-bond donors (Lipinski definition) is 4. The van der Waals surface area contributed by atoms with Crippen LogP contribution >= 0.6 is 12.2 Å². The zero-order valence-electron chi connectivity index (χ0n) is 17.1. The first-order chi connectivity index (χ1) is 15.0. The van der Waals surface area contributed by atoms with Crippen molar-refractivity contribution in [3.05, 3.63) is 65.7 Å². The van der Waals surface area contributed by atoms with Crippen molar-refractivity contribution in [3.63, 3.8) is 0 Å². The van der Waals surface area contributed by atoms with E-state index in [1.54, 1.807) is 24.3 Å². The van der Waals surface area contributed by atoms with Crippen molar-refractivity contribution in [1.82, 2.24) is 16.2 Å². The van der Waals surface area contributed by atoms with Crippen molar-refractivity contribution < 1.29 is 14.4 Å².